The minimum atomic E-state index is 0. The van der Waals surface area contributed by atoms with Gasteiger partial charge in [0.2, 0.25) is 0 Å². The van der Waals surface area contributed by atoms with E-state index in [0.29, 0.717) is 0 Å². The maximum Gasteiger partial charge on any atom is 0.0594 e. The van der Waals surface area contributed by atoms with Crippen LogP contribution in [-0.2, 0) is 4.74 Å². The van der Waals surface area contributed by atoms with Crippen molar-refractivity contribution in [3.8, 4) is 0 Å². The summed E-state index contributed by atoms with van der Waals surface area (Å²) in [5.74, 6) is 0. The molecule has 1 fully saturated rings. The Bertz CT molecular complexity index is 56.9. The van der Waals surface area contributed by atoms with Crippen LogP contribution in [0.15, 0.2) is 0 Å². The summed E-state index contributed by atoms with van der Waals surface area (Å²) in [5.41, 5.74) is 0. The van der Waals surface area contributed by atoms with Gasteiger partial charge < -0.3 is 9.64 Å². The average molecular weight is 152 g/mol. The minimum Gasteiger partial charge on any atom is -0.379 e. The van der Waals surface area contributed by atoms with Crippen molar-refractivity contribution in [3.05, 3.63) is 0 Å². The van der Waals surface area contributed by atoms with Crippen LogP contribution in [0.25, 0.3) is 0 Å². The number of ether oxygens (including phenoxy) is 1. The number of hydrogen-bond donors (Lipinski definition) is 0. The third kappa shape index (κ3) is 4.66. The molecule has 0 amide bonds. The Kier molecular flexibility index (Phi) is 8.32. The summed E-state index contributed by atoms with van der Waals surface area (Å²) in [6, 6.07) is 0. The first kappa shape index (κ1) is 11.9. The number of hydrogen-bond acceptors (Lipinski definition) is 2. The SMILES string of the molecule is CN1CCOCC1.Cl.[N]. The first-order valence-corrected chi connectivity index (χ1v) is 2.66. The Morgan fingerprint density at radius 3 is 1.89 bits per heavy atom. The minimum absolute atomic E-state index is 0. The van der Waals surface area contributed by atoms with Gasteiger partial charge in [-0.15, -0.1) is 12.4 Å². The average Bonchev–Trinajstić information content (AvgIpc) is 1.69. The molecule has 3 radical (unpaired) electrons. The third-order valence-corrected chi connectivity index (χ3v) is 1.23. The van der Waals surface area contributed by atoms with E-state index in [9.17, 15) is 0 Å². The molecule has 3 nitrogen and oxygen atoms in total. The molecule has 0 spiro atoms. The first-order valence-electron chi connectivity index (χ1n) is 2.66. The van der Waals surface area contributed by atoms with Crippen molar-refractivity contribution < 1.29 is 4.74 Å². The van der Waals surface area contributed by atoms with Crippen LogP contribution >= 0.6 is 12.4 Å². The van der Waals surface area contributed by atoms with E-state index in [1.165, 1.54) is 0 Å². The molecular formula is C5H12ClN2O. The lowest BCUT2D eigenvalue weighted by Crippen LogP contribution is -2.32. The van der Waals surface area contributed by atoms with E-state index in [2.05, 4.69) is 11.9 Å². The van der Waals surface area contributed by atoms with Crippen LogP contribution in [0.4, 0.5) is 0 Å². The second kappa shape index (κ2) is 6.29. The van der Waals surface area contributed by atoms with Crippen LogP contribution in [-0.4, -0.2) is 38.3 Å². The van der Waals surface area contributed by atoms with E-state index in [4.69, 9.17) is 4.74 Å². The Hall–Kier alpha value is 0.170. The highest BCUT2D eigenvalue weighted by Gasteiger charge is 2.02. The molecule has 0 aromatic carbocycles. The van der Waals surface area contributed by atoms with E-state index < -0.39 is 0 Å². The molecule has 0 saturated carbocycles. The molecule has 0 aliphatic carbocycles. The van der Waals surface area contributed by atoms with Crippen LogP contribution < -0.4 is 6.15 Å². The van der Waals surface area contributed by atoms with E-state index in [-0.39, 0.29) is 18.6 Å². The highest BCUT2D eigenvalue weighted by molar-refractivity contribution is 5.85. The van der Waals surface area contributed by atoms with Gasteiger partial charge in [-0.1, -0.05) is 0 Å². The Balaban J connectivity index is 0. The van der Waals surface area contributed by atoms with Crippen LogP contribution in [0.5, 0.6) is 0 Å². The van der Waals surface area contributed by atoms with E-state index in [1.807, 2.05) is 0 Å². The molecule has 0 atom stereocenters. The fraction of sp³-hybridized carbons (Fsp3) is 1.00. The fourth-order valence-corrected chi connectivity index (χ4v) is 0.655. The predicted octanol–water partition coefficient (Wildman–Crippen LogP) is -0.110. The molecule has 1 aliphatic rings. The number of likely N-dealkylation sites (N-methyl/N-ethyl adjacent to an activating group) is 1. The number of halogens is 1. The predicted molar refractivity (Wildman–Crippen MR) is 37.7 cm³/mol. The molecule has 55 valence electrons. The van der Waals surface area contributed by atoms with E-state index in [1.54, 1.807) is 0 Å². The summed E-state index contributed by atoms with van der Waals surface area (Å²) < 4.78 is 5.10. The van der Waals surface area contributed by atoms with Gasteiger partial charge in [0.15, 0.2) is 0 Å². The molecule has 1 saturated heterocycles. The van der Waals surface area contributed by atoms with Gasteiger partial charge in [0.05, 0.1) is 13.2 Å². The molecule has 0 aromatic heterocycles. The summed E-state index contributed by atoms with van der Waals surface area (Å²) >= 11 is 0. The lowest BCUT2D eigenvalue weighted by molar-refractivity contribution is 0.0503. The molecule has 1 rings (SSSR count). The monoisotopic (exact) mass is 151 g/mol. The number of rotatable bonds is 0. The molecule has 9 heavy (non-hydrogen) atoms. The third-order valence-electron chi connectivity index (χ3n) is 1.23. The molecule has 1 aliphatic heterocycles. The summed E-state index contributed by atoms with van der Waals surface area (Å²) in [6.07, 6.45) is 0. The van der Waals surface area contributed by atoms with Crippen molar-refractivity contribution in [2.45, 2.75) is 0 Å². The summed E-state index contributed by atoms with van der Waals surface area (Å²) in [5, 5.41) is 0. The van der Waals surface area contributed by atoms with E-state index >= 15 is 0 Å². The summed E-state index contributed by atoms with van der Waals surface area (Å²) in [4.78, 5) is 2.27. The van der Waals surface area contributed by atoms with Gasteiger partial charge in [-0.3, -0.25) is 0 Å². The van der Waals surface area contributed by atoms with Crippen molar-refractivity contribution in [1.82, 2.24) is 11.1 Å². The van der Waals surface area contributed by atoms with Gasteiger partial charge in [0.1, 0.15) is 0 Å². The zero-order valence-electron chi connectivity index (χ0n) is 5.54. The van der Waals surface area contributed by atoms with Crippen LogP contribution in [0.1, 0.15) is 0 Å². The van der Waals surface area contributed by atoms with Gasteiger partial charge in [0.25, 0.3) is 0 Å². The van der Waals surface area contributed by atoms with Gasteiger partial charge in [-0.2, -0.15) is 0 Å². The van der Waals surface area contributed by atoms with Gasteiger partial charge in [0, 0.05) is 19.2 Å². The van der Waals surface area contributed by atoms with Crippen molar-refractivity contribution in [1.29, 1.82) is 0 Å². The lowest BCUT2D eigenvalue weighted by atomic mass is 10.5. The standard InChI is InChI=1S/C5H11NO.ClH.N/c1-6-2-4-7-5-3-6;;/h2-5H2,1H3;1H;. The Morgan fingerprint density at radius 1 is 1.22 bits per heavy atom. The zero-order valence-corrected chi connectivity index (χ0v) is 6.36. The normalized spacial score (nSPS) is 19.7. The molecule has 0 unspecified atom stereocenters. The fourth-order valence-electron chi connectivity index (χ4n) is 0.655. The second-order valence-electron chi connectivity index (χ2n) is 1.92. The molecule has 1 heterocycles. The highest BCUT2D eigenvalue weighted by Crippen LogP contribution is 1.89. The quantitative estimate of drug-likeness (QED) is 0.485. The van der Waals surface area contributed by atoms with Crippen LogP contribution in [0.2, 0.25) is 0 Å². The second-order valence-corrected chi connectivity index (χ2v) is 1.92. The van der Waals surface area contributed by atoms with Gasteiger partial charge in [-0.05, 0) is 7.05 Å². The largest absolute Gasteiger partial charge is 0.379 e. The van der Waals surface area contributed by atoms with E-state index in [0.717, 1.165) is 26.3 Å². The summed E-state index contributed by atoms with van der Waals surface area (Å²) in [6.45, 7) is 4.02. The first-order chi connectivity index (χ1) is 3.39. The van der Waals surface area contributed by atoms with Crippen LogP contribution in [0, 0.1) is 0 Å². The van der Waals surface area contributed by atoms with Crippen molar-refractivity contribution in [3.63, 3.8) is 0 Å². The Labute approximate surface area is 62.4 Å². The maximum atomic E-state index is 5.10. The van der Waals surface area contributed by atoms with Gasteiger partial charge >= 0.3 is 0 Å². The molecule has 0 bridgehead atoms. The maximum absolute atomic E-state index is 5.10. The van der Waals surface area contributed by atoms with Gasteiger partial charge in [-0.25, -0.2) is 0 Å². The highest BCUT2D eigenvalue weighted by atomic mass is 35.5. The lowest BCUT2D eigenvalue weighted by Gasteiger charge is -2.21. The van der Waals surface area contributed by atoms with Crippen molar-refractivity contribution in [2.24, 2.45) is 0 Å². The topological polar surface area (TPSA) is 43.0 Å². The van der Waals surface area contributed by atoms with Crippen molar-refractivity contribution >= 4 is 12.4 Å². The van der Waals surface area contributed by atoms with Crippen molar-refractivity contribution in [2.75, 3.05) is 33.4 Å². The zero-order chi connectivity index (χ0) is 5.11. The molecular weight excluding hydrogens is 140 g/mol. The Morgan fingerprint density at radius 2 is 1.67 bits per heavy atom. The number of nitrogens with zero attached hydrogens (tertiary/aromatic N) is 2. The summed E-state index contributed by atoms with van der Waals surface area (Å²) in [7, 11) is 2.11. The molecule has 0 aromatic rings. The number of morpholine rings is 1. The molecule has 0 N–H and O–H groups in total. The molecule has 4 heteroatoms. The van der Waals surface area contributed by atoms with Crippen LogP contribution in [0.3, 0.4) is 0 Å². The smallest absolute Gasteiger partial charge is 0.0594 e.